The first-order valence-electron chi connectivity index (χ1n) is 11.2. The van der Waals surface area contributed by atoms with Gasteiger partial charge in [-0.25, -0.2) is 14.4 Å². The van der Waals surface area contributed by atoms with E-state index in [1.165, 1.54) is 18.5 Å². The molecule has 7 nitrogen and oxygen atoms in total. The summed E-state index contributed by atoms with van der Waals surface area (Å²) in [7, 11) is 0. The Labute approximate surface area is 207 Å². The average molecular weight is 492 g/mol. The first kappa shape index (κ1) is 22.9. The molecule has 1 N–H and O–H groups in total. The molecule has 2 heterocycles. The zero-order chi connectivity index (χ0) is 24.2. The quantitative estimate of drug-likeness (QED) is 0.337. The van der Waals surface area contributed by atoms with E-state index in [9.17, 15) is 4.39 Å². The second-order valence-corrected chi connectivity index (χ2v) is 8.34. The third-order valence-corrected chi connectivity index (χ3v) is 5.86. The number of hydrogen-bond donors (Lipinski definition) is 1. The normalized spacial score (nSPS) is 14.4. The van der Waals surface area contributed by atoms with Crippen molar-refractivity contribution in [3.63, 3.8) is 0 Å². The van der Waals surface area contributed by atoms with Gasteiger partial charge >= 0.3 is 0 Å². The minimum Gasteiger partial charge on any atom is -0.487 e. The fraction of sp³-hybridized carbons (Fsp3) is 0.192. The number of nitrogens with one attached hydrogen (secondary N) is 1. The summed E-state index contributed by atoms with van der Waals surface area (Å²) in [4.78, 5) is 15.5. The predicted molar refractivity (Wildman–Crippen MR) is 135 cm³/mol. The second-order valence-electron chi connectivity index (χ2n) is 7.94. The lowest BCUT2D eigenvalue weighted by Crippen LogP contribution is -2.24. The van der Waals surface area contributed by atoms with Gasteiger partial charge in [0, 0.05) is 17.6 Å². The average Bonchev–Trinajstić information content (AvgIpc) is 3.31. The number of fused-ring (bicyclic) bond motifs is 1. The maximum atomic E-state index is 13.4. The van der Waals surface area contributed by atoms with Gasteiger partial charge < -0.3 is 19.7 Å². The van der Waals surface area contributed by atoms with Crippen molar-refractivity contribution >= 4 is 45.7 Å². The first-order valence-corrected chi connectivity index (χ1v) is 11.6. The van der Waals surface area contributed by atoms with Crippen LogP contribution in [0.3, 0.4) is 0 Å². The number of likely N-dealkylation sites (N-methyl/N-ethyl adjacent to an activating group) is 1. The van der Waals surface area contributed by atoms with Crippen LogP contribution in [0.1, 0.15) is 12.5 Å². The minimum absolute atomic E-state index is 0.214. The van der Waals surface area contributed by atoms with E-state index in [-0.39, 0.29) is 12.4 Å². The molecule has 0 aliphatic carbocycles. The van der Waals surface area contributed by atoms with Gasteiger partial charge in [-0.1, -0.05) is 23.7 Å². The van der Waals surface area contributed by atoms with E-state index in [1.54, 1.807) is 24.3 Å². The number of amidine groups is 1. The van der Waals surface area contributed by atoms with Gasteiger partial charge in [0.1, 0.15) is 36.9 Å². The van der Waals surface area contributed by atoms with Crippen LogP contribution in [-0.4, -0.2) is 40.6 Å². The van der Waals surface area contributed by atoms with Crippen molar-refractivity contribution in [2.24, 2.45) is 4.99 Å². The van der Waals surface area contributed by atoms with E-state index in [2.05, 4.69) is 32.1 Å². The Kier molecular flexibility index (Phi) is 6.63. The summed E-state index contributed by atoms with van der Waals surface area (Å²) in [6, 6.07) is 18.0. The number of hydrogen-bond acceptors (Lipinski definition) is 6. The fourth-order valence-electron chi connectivity index (χ4n) is 3.77. The Morgan fingerprint density at radius 2 is 2.06 bits per heavy atom. The molecule has 1 saturated heterocycles. The highest BCUT2D eigenvalue weighted by molar-refractivity contribution is 6.32. The van der Waals surface area contributed by atoms with Crippen LogP contribution in [0, 0.1) is 5.82 Å². The fourth-order valence-corrected chi connectivity index (χ4v) is 4.01. The molecule has 5 rings (SSSR count). The van der Waals surface area contributed by atoms with E-state index in [0.717, 1.165) is 40.9 Å². The molecule has 35 heavy (non-hydrogen) atoms. The lowest BCUT2D eigenvalue weighted by atomic mass is 10.2. The SMILES string of the molecule is CCN1CCOC1=Nc1ccc2ncnc(Nc3ccc(OCc4cccc(F)c4)c(Cl)c3)c2c1. The molecular formula is C26H23ClFN5O2. The van der Waals surface area contributed by atoms with Crippen molar-refractivity contribution in [2.45, 2.75) is 13.5 Å². The van der Waals surface area contributed by atoms with Crippen LogP contribution in [0.4, 0.5) is 21.6 Å². The molecule has 0 spiro atoms. The summed E-state index contributed by atoms with van der Waals surface area (Å²) >= 11 is 6.45. The number of benzene rings is 3. The van der Waals surface area contributed by atoms with E-state index in [1.807, 2.05) is 24.3 Å². The standard InChI is InChI=1S/C26H23ClFN5O2/c1-2-33-10-11-34-26(33)32-19-6-8-23-21(13-19)25(30-16-29-23)31-20-7-9-24(22(27)14-20)35-15-17-4-3-5-18(28)12-17/h3-9,12-14,16H,2,10-11,15H2,1H3,(H,29,30,31). The second kappa shape index (κ2) is 10.1. The van der Waals surface area contributed by atoms with Crippen LogP contribution >= 0.6 is 11.6 Å². The van der Waals surface area contributed by atoms with Gasteiger partial charge in [0.05, 0.1) is 22.8 Å². The maximum Gasteiger partial charge on any atom is 0.292 e. The van der Waals surface area contributed by atoms with E-state index >= 15 is 0 Å². The Morgan fingerprint density at radius 3 is 2.89 bits per heavy atom. The molecule has 9 heteroatoms. The third-order valence-electron chi connectivity index (χ3n) is 5.57. The zero-order valence-electron chi connectivity index (χ0n) is 19.0. The third kappa shape index (κ3) is 5.27. The van der Waals surface area contributed by atoms with Crippen LogP contribution < -0.4 is 10.1 Å². The maximum absolute atomic E-state index is 13.4. The molecular weight excluding hydrogens is 469 g/mol. The highest BCUT2D eigenvalue weighted by Gasteiger charge is 2.18. The van der Waals surface area contributed by atoms with Gasteiger partial charge in [-0.2, -0.15) is 4.99 Å². The number of nitrogens with zero attached hydrogens (tertiary/aromatic N) is 4. The molecule has 3 aromatic carbocycles. The van der Waals surface area contributed by atoms with Crippen LogP contribution in [-0.2, 0) is 11.3 Å². The van der Waals surface area contributed by atoms with Gasteiger partial charge in [-0.05, 0) is 61.0 Å². The molecule has 0 amide bonds. The predicted octanol–water partition coefficient (Wildman–Crippen LogP) is 6.08. The highest BCUT2D eigenvalue weighted by atomic mass is 35.5. The van der Waals surface area contributed by atoms with Gasteiger partial charge in [-0.3, -0.25) is 0 Å². The van der Waals surface area contributed by atoms with E-state index in [0.29, 0.717) is 29.2 Å². The Morgan fingerprint density at radius 1 is 1.14 bits per heavy atom. The number of rotatable bonds is 7. The van der Waals surface area contributed by atoms with Crippen molar-refractivity contribution in [2.75, 3.05) is 25.0 Å². The lowest BCUT2D eigenvalue weighted by Gasteiger charge is -2.13. The van der Waals surface area contributed by atoms with E-state index in [4.69, 9.17) is 21.1 Å². The van der Waals surface area contributed by atoms with Gasteiger partial charge in [-0.15, -0.1) is 0 Å². The summed E-state index contributed by atoms with van der Waals surface area (Å²) in [5.74, 6) is 0.826. The molecule has 1 aliphatic rings. The number of aromatic nitrogens is 2. The molecule has 0 saturated carbocycles. The number of ether oxygens (including phenoxy) is 2. The van der Waals surface area contributed by atoms with Crippen LogP contribution in [0.15, 0.2) is 72.0 Å². The van der Waals surface area contributed by atoms with E-state index < -0.39 is 0 Å². The minimum atomic E-state index is -0.304. The van der Waals surface area contributed by atoms with Gasteiger partial charge in [0.15, 0.2) is 0 Å². The molecule has 1 aromatic heterocycles. The monoisotopic (exact) mass is 491 g/mol. The summed E-state index contributed by atoms with van der Waals surface area (Å²) in [6.45, 7) is 4.60. The molecule has 1 fully saturated rings. The number of anilines is 2. The van der Waals surface area contributed by atoms with Crippen LogP contribution in [0.2, 0.25) is 5.02 Å². The summed E-state index contributed by atoms with van der Waals surface area (Å²) in [6.07, 6.45) is 1.51. The molecule has 178 valence electrons. The van der Waals surface area contributed by atoms with Crippen molar-refractivity contribution in [1.29, 1.82) is 0 Å². The summed E-state index contributed by atoms with van der Waals surface area (Å²) < 4.78 is 24.8. The van der Waals surface area contributed by atoms with Gasteiger partial charge in [0.2, 0.25) is 0 Å². The smallest absolute Gasteiger partial charge is 0.292 e. The zero-order valence-corrected chi connectivity index (χ0v) is 19.8. The summed E-state index contributed by atoms with van der Waals surface area (Å²) in [5.41, 5.74) is 3.00. The Hall–Kier alpha value is -3.91. The molecule has 1 aliphatic heterocycles. The molecule has 0 unspecified atom stereocenters. The summed E-state index contributed by atoms with van der Waals surface area (Å²) in [5, 5.41) is 4.55. The van der Waals surface area contributed by atoms with Crippen molar-refractivity contribution in [3.05, 3.63) is 83.4 Å². The number of halogens is 2. The lowest BCUT2D eigenvalue weighted by molar-refractivity contribution is 0.306. The molecule has 0 radical (unpaired) electrons. The topological polar surface area (TPSA) is 71.9 Å². The number of aliphatic imine (C=N–C) groups is 1. The Bertz CT molecular complexity index is 1400. The van der Waals surface area contributed by atoms with Crippen molar-refractivity contribution in [3.8, 4) is 5.75 Å². The largest absolute Gasteiger partial charge is 0.487 e. The van der Waals surface area contributed by atoms with Crippen LogP contribution in [0.5, 0.6) is 5.75 Å². The van der Waals surface area contributed by atoms with Crippen LogP contribution in [0.25, 0.3) is 10.9 Å². The highest BCUT2D eigenvalue weighted by Crippen LogP contribution is 2.32. The molecule has 0 bridgehead atoms. The first-order chi connectivity index (χ1) is 17.1. The molecule has 0 atom stereocenters. The van der Waals surface area contributed by atoms with Crippen molar-refractivity contribution < 1.29 is 13.9 Å². The van der Waals surface area contributed by atoms with Gasteiger partial charge in [0.25, 0.3) is 6.02 Å². The van der Waals surface area contributed by atoms with Crippen molar-refractivity contribution in [1.82, 2.24) is 14.9 Å². The molecule has 4 aromatic rings. The Balaban J connectivity index is 1.36.